The fourth-order valence-corrected chi connectivity index (χ4v) is 3.41. The average Bonchev–Trinajstić information content (AvgIpc) is 2.97. The number of amides is 1. The Hall–Kier alpha value is -2.34. The summed E-state index contributed by atoms with van der Waals surface area (Å²) in [5.74, 6) is -0.142. The Morgan fingerprint density at radius 2 is 1.76 bits per heavy atom. The van der Waals surface area contributed by atoms with Gasteiger partial charge in [-0.05, 0) is 57.5 Å². The molecule has 0 saturated heterocycles. The van der Waals surface area contributed by atoms with Crippen molar-refractivity contribution in [3.05, 3.63) is 75.5 Å². The summed E-state index contributed by atoms with van der Waals surface area (Å²) < 4.78 is 1.83. The van der Waals surface area contributed by atoms with Crippen LogP contribution in [0.5, 0.6) is 0 Å². The van der Waals surface area contributed by atoms with Gasteiger partial charge in [-0.1, -0.05) is 47.5 Å². The molecule has 2 aromatic carbocycles. The van der Waals surface area contributed by atoms with Crippen molar-refractivity contribution in [3.8, 4) is 5.69 Å². The van der Waals surface area contributed by atoms with Crippen molar-refractivity contribution in [1.82, 2.24) is 15.1 Å². The number of nitrogens with zero attached hydrogens (tertiary/aromatic N) is 2. The number of nitrogens with one attached hydrogen (secondary N) is 2. The molecule has 152 valence electrons. The lowest BCUT2D eigenvalue weighted by Gasteiger charge is -2.27. The maximum absolute atomic E-state index is 12.6. The van der Waals surface area contributed by atoms with E-state index in [4.69, 9.17) is 23.2 Å². The second-order valence-corrected chi connectivity index (χ2v) is 8.26. The van der Waals surface area contributed by atoms with Crippen LogP contribution in [0.3, 0.4) is 0 Å². The van der Waals surface area contributed by atoms with Gasteiger partial charge in [0.05, 0.1) is 39.4 Å². The van der Waals surface area contributed by atoms with E-state index in [9.17, 15) is 4.79 Å². The Morgan fingerprint density at radius 3 is 2.41 bits per heavy atom. The Morgan fingerprint density at radius 1 is 1.07 bits per heavy atom. The quantitative estimate of drug-likeness (QED) is 0.560. The smallest absolute Gasteiger partial charge is 0.238 e. The molecule has 2 N–H and O–H groups in total. The Kier molecular flexibility index (Phi) is 6.32. The van der Waals surface area contributed by atoms with Crippen LogP contribution in [-0.2, 0) is 10.3 Å². The number of anilines is 1. The van der Waals surface area contributed by atoms with Gasteiger partial charge in [0.25, 0.3) is 0 Å². The lowest BCUT2D eigenvalue weighted by atomic mass is 9.94. The van der Waals surface area contributed by atoms with Gasteiger partial charge in [-0.2, -0.15) is 5.10 Å². The van der Waals surface area contributed by atoms with Gasteiger partial charge in [0, 0.05) is 5.54 Å². The summed E-state index contributed by atoms with van der Waals surface area (Å²) in [6.07, 6.45) is 0. The second kappa shape index (κ2) is 8.57. The molecule has 0 aliphatic heterocycles. The molecule has 7 heteroatoms. The number of halogens is 2. The molecule has 0 atom stereocenters. The molecule has 3 aromatic rings. The van der Waals surface area contributed by atoms with Crippen molar-refractivity contribution in [2.75, 3.05) is 11.9 Å². The third kappa shape index (κ3) is 4.81. The summed E-state index contributed by atoms with van der Waals surface area (Å²) in [4.78, 5) is 12.6. The topological polar surface area (TPSA) is 59.0 Å². The molecule has 0 saturated carbocycles. The summed E-state index contributed by atoms with van der Waals surface area (Å²) in [6, 6.07) is 15.3. The number of hydrogen-bond donors (Lipinski definition) is 2. The zero-order valence-electron chi connectivity index (χ0n) is 16.9. The second-order valence-electron chi connectivity index (χ2n) is 7.45. The zero-order chi connectivity index (χ0) is 21.2. The number of hydrogen-bond acceptors (Lipinski definition) is 3. The van der Waals surface area contributed by atoms with E-state index in [1.54, 1.807) is 6.07 Å². The van der Waals surface area contributed by atoms with Crippen molar-refractivity contribution >= 4 is 34.8 Å². The predicted molar refractivity (Wildman–Crippen MR) is 119 cm³/mol. The first-order valence-electron chi connectivity index (χ1n) is 9.31. The molecule has 0 radical (unpaired) electrons. The van der Waals surface area contributed by atoms with Crippen LogP contribution in [0.2, 0.25) is 10.0 Å². The van der Waals surface area contributed by atoms with Crippen molar-refractivity contribution in [1.29, 1.82) is 0 Å². The molecule has 0 spiro atoms. The SMILES string of the molecule is Cc1nn(-c2ccccc2)c(C)c1NC(=O)CNC(C)(C)c1ccc(Cl)c(Cl)c1. The van der Waals surface area contributed by atoms with Crippen molar-refractivity contribution in [2.45, 2.75) is 33.2 Å². The lowest BCUT2D eigenvalue weighted by molar-refractivity contribution is -0.115. The summed E-state index contributed by atoms with van der Waals surface area (Å²) >= 11 is 12.1. The third-order valence-corrected chi connectivity index (χ3v) is 5.63. The maximum Gasteiger partial charge on any atom is 0.238 e. The molecular weight excluding hydrogens is 407 g/mol. The van der Waals surface area contributed by atoms with Gasteiger partial charge >= 0.3 is 0 Å². The number of carbonyl (C=O) groups excluding carboxylic acids is 1. The minimum atomic E-state index is -0.454. The molecule has 5 nitrogen and oxygen atoms in total. The van der Waals surface area contributed by atoms with Gasteiger partial charge in [-0.25, -0.2) is 4.68 Å². The van der Waals surface area contributed by atoms with E-state index in [1.807, 2.05) is 74.8 Å². The van der Waals surface area contributed by atoms with E-state index >= 15 is 0 Å². The largest absolute Gasteiger partial charge is 0.322 e. The first kappa shape index (κ1) is 21.4. The fraction of sp³-hybridized carbons (Fsp3) is 0.273. The maximum atomic E-state index is 12.6. The van der Waals surface area contributed by atoms with E-state index in [1.165, 1.54) is 0 Å². The first-order valence-corrected chi connectivity index (χ1v) is 10.1. The van der Waals surface area contributed by atoms with Gasteiger partial charge in [0.15, 0.2) is 0 Å². The van der Waals surface area contributed by atoms with E-state index in [0.717, 1.165) is 28.3 Å². The van der Waals surface area contributed by atoms with Gasteiger partial charge in [-0.15, -0.1) is 0 Å². The fourth-order valence-electron chi connectivity index (χ4n) is 3.12. The predicted octanol–water partition coefficient (Wildman–Crippen LogP) is 5.26. The van der Waals surface area contributed by atoms with Crippen LogP contribution < -0.4 is 10.6 Å². The molecule has 0 aliphatic rings. The number of aryl methyl sites for hydroxylation is 1. The van der Waals surface area contributed by atoms with Crippen LogP contribution in [0.15, 0.2) is 48.5 Å². The van der Waals surface area contributed by atoms with E-state index < -0.39 is 5.54 Å². The number of benzene rings is 2. The van der Waals surface area contributed by atoms with Crippen LogP contribution in [0.25, 0.3) is 5.69 Å². The lowest BCUT2D eigenvalue weighted by Crippen LogP contribution is -2.41. The molecule has 3 rings (SSSR count). The molecule has 0 aliphatic carbocycles. The molecule has 1 heterocycles. The van der Waals surface area contributed by atoms with E-state index in [0.29, 0.717) is 10.0 Å². The van der Waals surface area contributed by atoms with Crippen molar-refractivity contribution in [3.63, 3.8) is 0 Å². The highest BCUT2D eigenvalue weighted by atomic mass is 35.5. The minimum Gasteiger partial charge on any atom is -0.322 e. The van der Waals surface area contributed by atoms with Gasteiger partial charge < -0.3 is 5.32 Å². The van der Waals surface area contributed by atoms with Crippen molar-refractivity contribution < 1.29 is 4.79 Å². The monoisotopic (exact) mass is 430 g/mol. The van der Waals surface area contributed by atoms with Crippen LogP contribution in [0.1, 0.15) is 30.8 Å². The molecule has 29 heavy (non-hydrogen) atoms. The van der Waals surface area contributed by atoms with Crippen molar-refractivity contribution in [2.24, 2.45) is 0 Å². The third-order valence-electron chi connectivity index (χ3n) is 4.89. The number of para-hydroxylation sites is 1. The van der Waals surface area contributed by atoms with Crippen LogP contribution in [0, 0.1) is 13.8 Å². The number of carbonyl (C=O) groups is 1. The summed E-state index contributed by atoms with van der Waals surface area (Å²) in [5.41, 5.74) is 3.82. The molecule has 1 aromatic heterocycles. The Bertz CT molecular complexity index is 1030. The Balaban J connectivity index is 1.70. The first-order chi connectivity index (χ1) is 13.7. The molecule has 0 unspecified atom stereocenters. The highest BCUT2D eigenvalue weighted by Crippen LogP contribution is 2.28. The summed E-state index contributed by atoms with van der Waals surface area (Å²) in [5, 5.41) is 11.8. The summed E-state index contributed by atoms with van der Waals surface area (Å²) in [6.45, 7) is 7.95. The van der Waals surface area contributed by atoms with Crippen LogP contribution >= 0.6 is 23.2 Å². The Labute approximate surface area is 181 Å². The normalized spacial score (nSPS) is 11.5. The van der Waals surface area contributed by atoms with Gasteiger partial charge in [0.1, 0.15) is 0 Å². The van der Waals surface area contributed by atoms with Gasteiger partial charge in [-0.3, -0.25) is 10.1 Å². The highest BCUT2D eigenvalue weighted by molar-refractivity contribution is 6.42. The number of aromatic nitrogens is 2. The molecule has 0 bridgehead atoms. The average molecular weight is 431 g/mol. The molecule has 1 amide bonds. The highest BCUT2D eigenvalue weighted by Gasteiger charge is 2.22. The van der Waals surface area contributed by atoms with E-state index in [-0.39, 0.29) is 12.5 Å². The zero-order valence-corrected chi connectivity index (χ0v) is 18.4. The van der Waals surface area contributed by atoms with Gasteiger partial charge in [0.2, 0.25) is 5.91 Å². The summed E-state index contributed by atoms with van der Waals surface area (Å²) in [7, 11) is 0. The standard InChI is InChI=1S/C22H24Cl2N4O/c1-14-21(15(2)28(27-14)17-8-6-5-7-9-17)26-20(29)13-25-22(3,4)16-10-11-18(23)19(24)12-16/h5-12,25H,13H2,1-4H3,(H,26,29). The molecule has 0 fully saturated rings. The van der Waals surface area contributed by atoms with E-state index in [2.05, 4.69) is 15.7 Å². The number of rotatable bonds is 6. The molecular formula is C22H24Cl2N4O. The minimum absolute atomic E-state index is 0.142. The van der Waals surface area contributed by atoms with Crippen LogP contribution in [0.4, 0.5) is 5.69 Å². The van der Waals surface area contributed by atoms with Crippen LogP contribution in [-0.4, -0.2) is 22.2 Å².